The highest BCUT2D eigenvalue weighted by Gasteiger charge is 2.15. The summed E-state index contributed by atoms with van der Waals surface area (Å²) >= 11 is 0. The molecule has 2 heterocycles. The Morgan fingerprint density at radius 1 is 0.660 bits per heavy atom. The van der Waals surface area contributed by atoms with E-state index in [-0.39, 0.29) is 0 Å². The standard InChI is InChI=1S/C15H24.2C10H19N3.C8H8.C4H8/c1-5-13(11-12-15(2,3)4)14-9-7-6-8-10-14;2*1-2-3-4-5-6-7-9-13-10-8-11-12-13;1-2-8-6-4-3-5-7-8;1-4(2)3/h6-10,13H,5,11-12H2,1-4H3;2*8,10H,2-7,9H2,1H3;2-7H,1H2;1H2,2-3H3. The van der Waals surface area contributed by atoms with Crippen molar-refractivity contribution in [3.05, 3.63) is 115 Å². The molecule has 53 heavy (non-hydrogen) atoms. The summed E-state index contributed by atoms with van der Waals surface area (Å²) in [6.45, 7) is 26.9. The summed E-state index contributed by atoms with van der Waals surface area (Å²) in [5.41, 5.74) is 4.30. The van der Waals surface area contributed by atoms with Gasteiger partial charge in [0.15, 0.2) is 0 Å². The third-order valence-corrected chi connectivity index (χ3v) is 8.47. The molecule has 0 aliphatic heterocycles. The Morgan fingerprint density at radius 2 is 1.08 bits per heavy atom. The van der Waals surface area contributed by atoms with Gasteiger partial charge in [0.2, 0.25) is 0 Å². The zero-order valence-electron chi connectivity index (χ0n) is 35.4. The van der Waals surface area contributed by atoms with Crippen LogP contribution in [0.1, 0.15) is 169 Å². The molecular weight excluding hydrogens is 649 g/mol. The number of aromatic nitrogens is 6. The van der Waals surface area contributed by atoms with Gasteiger partial charge in [-0.05, 0) is 68.4 Å². The number of unbranched alkanes of at least 4 members (excludes halogenated alkanes) is 10. The largest absolute Gasteiger partial charge is 0.253 e. The molecule has 0 bridgehead atoms. The number of rotatable bonds is 19. The van der Waals surface area contributed by atoms with Crippen molar-refractivity contribution in [3.63, 3.8) is 0 Å². The topological polar surface area (TPSA) is 61.4 Å². The molecule has 0 N–H and O–H groups in total. The highest BCUT2D eigenvalue weighted by atomic mass is 15.4. The van der Waals surface area contributed by atoms with Gasteiger partial charge < -0.3 is 0 Å². The maximum absolute atomic E-state index is 3.92. The molecule has 1 atom stereocenters. The quantitative estimate of drug-likeness (QED) is 0.0713. The van der Waals surface area contributed by atoms with Gasteiger partial charge in [0, 0.05) is 25.5 Å². The molecule has 2 aromatic carbocycles. The third-order valence-electron chi connectivity index (χ3n) is 8.47. The minimum Gasteiger partial charge on any atom is -0.253 e. The lowest BCUT2D eigenvalue weighted by Crippen LogP contribution is -2.08. The first-order chi connectivity index (χ1) is 25.6. The highest BCUT2D eigenvalue weighted by molar-refractivity contribution is 5.45. The van der Waals surface area contributed by atoms with Crippen LogP contribution in [0, 0.1) is 5.41 Å². The van der Waals surface area contributed by atoms with Crippen molar-refractivity contribution in [2.45, 2.75) is 171 Å². The van der Waals surface area contributed by atoms with Gasteiger partial charge in [-0.15, -0.1) is 16.8 Å². The van der Waals surface area contributed by atoms with E-state index in [0.717, 1.165) is 19.0 Å². The van der Waals surface area contributed by atoms with Crippen molar-refractivity contribution in [3.8, 4) is 0 Å². The molecule has 2 aromatic heterocycles. The molecule has 0 amide bonds. The number of aryl methyl sites for hydroxylation is 2. The fourth-order valence-corrected chi connectivity index (χ4v) is 5.34. The van der Waals surface area contributed by atoms with Gasteiger partial charge in [-0.25, -0.2) is 0 Å². The maximum atomic E-state index is 3.92. The zero-order chi connectivity index (χ0) is 39.4. The average Bonchev–Trinajstić information content (AvgIpc) is 3.88. The van der Waals surface area contributed by atoms with E-state index in [0.29, 0.717) is 5.41 Å². The molecule has 0 aliphatic rings. The van der Waals surface area contributed by atoms with Crippen molar-refractivity contribution in [2.24, 2.45) is 5.41 Å². The molecule has 0 radical (unpaired) electrons. The van der Waals surface area contributed by atoms with E-state index in [2.05, 4.69) is 106 Å². The SMILES string of the molecule is C=C(C)C.C=Cc1ccccc1.CCC(CCC(C)(C)C)c1ccccc1.CCCCCCCCn1ccnn1.CCCCCCCCn1ccnn1. The molecule has 6 heteroatoms. The summed E-state index contributed by atoms with van der Waals surface area (Å²) in [7, 11) is 0. The highest BCUT2D eigenvalue weighted by Crippen LogP contribution is 2.30. The van der Waals surface area contributed by atoms with Gasteiger partial charge in [-0.3, -0.25) is 9.36 Å². The van der Waals surface area contributed by atoms with Crippen molar-refractivity contribution in [2.75, 3.05) is 0 Å². The van der Waals surface area contributed by atoms with Crippen LogP contribution in [0.15, 0.2) is 104 Å². The minimum absolute atomic E-state index is 0.461. The lowest BCUT2D eigenvalue weighted by atomic mass is 9.83. The van der Waals surface area contributed by atoms with Gasteiger partial charge in [0.1, 0.15) is 0 Å². The van der Waals surface area contributed by atoms with Crippen molar-refractivity contribution in [1.29, 1.82) is 0 Å². The summed E-state index contributed by atoms with van der Waals surface area (Å²) in [5, 5.41) is 15.4. The molecule has 1 unspecified atom stereocenters. The monoisotopic (exact) mass is 727 g/mol. The fourth-order valence-electron chi connectivity index (χ4n) is 5.34. The van der Waals surface area contributed by atoms with E-state index < -0.39 is 0 Å². The van der Waals surface area contributed by atoms with Crippen LogP contribution in [-0.2, 0) is 13.1 Å². The van der Waals surface area contributed by atoms with Crippen LogP contribution in [0.4, 0.5) is 0 Å². The second kappa shape index (κ2) is 34.0. The second-order valence-corrected chi connectivity index (χ2v) is 15.3. The first-order valence-corrected chi connectivity index (χ1v) is 20.6. The molecular formula is C47H78N6. The Labute approximate surface area is 326 Å². The molecule has 4 rings (SSSR count). The van der Waals surface area contributed by atoms with E-state index in [9.17, 15) is 0 Å². The number of allylic oxidation sites excluding steroid dienone is 1. The third kappa shape index (κ3) is 32.6. The van der Waals surface area contributed by atoms with E-state index >= 15 is 0 Å². The second-order valence-electron chi connectivity index (χ2n) is 15.3. The van der Waals surface area contributed by atoms with Crippen molar-refractivity contribution < 1.29 is 0 Å². The predicted octanol–water partition coefficient (Wildman–Crippen LogP) is 14.2. The number of benzene rings is 2. The summed E-state index contributed by atoms with van der Waals surface area (Å²) in [6.07, 6.45) is 29.0. The molecule has 4 aromatic rings. The Morgan fingerprint density at radius 3 is 1.42 bits per heavy atom. The normalized spacial score (nSPS) is 10.9. The predicted molar refractivity (Wildman–Crippen MR) is 232 cm³/mol. The van der Waals surface area contributed by atoms with Gasteiger partial charge >= 0.3 is 0 Å². The Hall–Kier alpha value is -3.80. The van der Waals surface area contributed by atoms with Crippen LogP contribution in [-0.4, -0.2) is 30.0 Å². The number of hydrogen-bond acceptors (Lipinski definition) is 4. The van der Waals surface area contributed by atoms with E-state index in [4.69, 9.17) is 0 Å². The lowest BCUT2D eigenvalue weighted by Gasteiger charge is -2.22. The molecule has 296 valence electrons. The Balaban J connectivity index is 0.000000668. The molecule has 0 fully saturated rings. The van der Waals surface area contributed by atoms with Crippen LogP contribution in [0.5, 0.6) is 0 Å². The summed E-state index contributed by atoms with van der Waals surface area (Å²) in [6, 6.07) is 20.9. The lowest BCUT2D eigenvalue weighted by molar-refractivity contribution is 0.346. The van der Waals surface area contributed by atoms with Gasteiger partial charge in [0.25, 0.3) is 0 Å². The fraction of sp³-hybridized carbons (Fsp3) is 0.574. The molecule has 0 aliphatic carbocycles. The van der Waals surface area contributed by atoms with Crippen LogP contribution >= 0.6 is 0 Å². The van der Waals surface area contributed by atoms with Gasteiger partial charge in [-0.2, -0.15) is 0 Å². The van der Waals surface area contributed by atoms with Crippen LogP contribution < -0.4 is 0 Å². The smallest absolute Gasteiger partial charge is 0.0692 e. The van der Waals surface area contributed by atoms with Crippen LogP contribution in [0.3, 0.4) is 0 Å². The summed E-state index contributed by atoms with van der Waals surface area (Å²) < 4.78 is 3.81. The number of hydrogen-bond donors (Lipinski definition) is 0. The van der Waals surface area contributed by atoms with Crippen LogP contribution in [0.2, 0.25) is 0 Å². The first-order valence-electron chi connectivity index (χ1n) is 20.6. The molecule has 0 saturated heterocycles. The molecule has 6 nitrogen and oxygen atoms in total. The van der Waals surface area contributed by atoms with Crippen LogP contribution in [0.25, 0.3) is 6.08 Å². The van der Waals surface area contributed by atoms with Gasteiger partial charge in [0.05, 0.1) is 12.4 Å². The Bertz CT molecular complexity index is 1260. The maximum Gasteiger partial charge on any atom is 0.0692 e. The molecule has 0 saturated carbocycles. The first kappa shape index (κ1) is 49.2. The summed E-state index contributed by atoms with van der Waals surface area (Å²) in [4.78, 5) is 0. The zero-order valence-corrected chi connectivity index (χ0v) is 35.4. The number of nitrogens with zero attached hydrogens (tertiary/aromatic N) is 6. The minimum atomic E-state index is 0.461. The van der Waals surface area contributed by atoms with E-state index in [1.165, 1.54) is 113 Å². The van der Waals surface area contributed by atoms with Gasteiger partial charge in [-0.1, -0.05) is 195 Å². The Kier molecular flexibility index (Phi) is 31.6. The van der Waals surface area contributed by atoms with Crippen molar-refractivity contribution >= 4 is 6.08 Å². The molecule has 0 spiro atoms. The van der Waals surface area contributed by atoms with Crippen molar-refractivity contribution in [1.82, 2.24) is 30.0 Å². The summed E-state index contributed by atoms with van der Waals surface area (Å²) in [5.74, 6) is 0.741. The van der Waals surface area contributed by atoms with E-state index in [1.54, 1.807) is 12.4 Å². The average molecular weight is 727 g/mol. The van der Waals surface area contributed by atoms with E-state index in [1.807, 2.05) is 72.0 Å².